The molecule has 0 aliphatic heterocycles. The van der Waals surface area contributed by atoms with E-state index in [1.54, 1.807) is 43.7 Å². The summed E-state index contributed by atoms with van der Waals surface area (Å²) < 4.78 is 30.2. The molecule has 0 spiro atoms. The maximum absolute atomic E-state index is 12.0. The number of methoxy groups -OCH3 is 1. The Balaban J connectivity index is 2.33. The molecule has 0 aliphatic carbocycles. The highest BCUT2D eigenvalue weighted by Gasteiger charge is 2.14. The number of rotatable bonds is 5. The minimum atomic E-state index is -3.40. The van der Waals surface area contributed by atoms with Crippen LogP contribution in [0, 0.1) is 0 Å². The van der Waals surface area contributed by atoms with Crippen LogP contribution in [0.4, 0.5) is 5.69 Å². The van der Waals surface area contributed by atoms with Crippen LogP contribution in [0.15, 0.2) is 60.8 Å². The molecule has 0 saturated heterocycles. The molecule has 2 aromatic rings. The molecule has 0 unspecified atom stereocenters. The fraction of sp³-hybridized carbons (Fsp3) is 0.125. The van der Waals surface area contributed by atoms with Gasteiger partial charge in [0.2, 0.25) is 10.0 Å². The van der Waals surface area contributed by atoms with Gasteiger partial charge in [-0.25, -0.2) is 12.7 Å². The van der Waals surface area contributed by atoms with E-state index in [-0.39, 0.29) is 0 Å². The van der Waals surface area contributed by atoms with Crippen LogP contribution in [0.5, 0.6) is 5.75 Å². The molecule has 0 saturated carbocycles. The quantitative estimate of drug-likeness (QED) is 0.852. The van der Waals surface area contributed by atoms with Crippen molar-refractivity contribution in [3.63, 3.8) is 0 Å². The van der Waals surface area contributed by atoms with Crippen molar-refractivity contribution < 1.29 is 13.2 Å². The summed E-state index contributed by atoms with van der Waals surface area (Å²) in [4.78, 5) is 0. The smallest absolute Gasteiger partial charge is 0.236 e. The molecule has 2 rings (SSSR count). The lowest BCUT2D eigenvalue weighted by Gasteiger charge is -2.18. The number of hydrogen-bond donors (Lipinski definition) is 0. The molecular weight excluding hydrogens is 286 g/mol. The van der Waals surface area contributed by atoms with Crippen LogP contribution < -0.4 is 9.04 Å². The highest BCUT2D eigenvalue weighted by molar-refractivity contribution is 7.92. The molecule has 0 aliphatic rings. The first-order valence-corrected chi connectivity index (χ1v) is 8.22. The van der Waals surface area contributed by atoms with Crippen molar-refractivity contribution >= 4 is 21.8 Å². The summed E-state index contributed by atoms with van der Waals surface area (Å²) >= 11 is 0. The second-order valence-electron chi connectivity index (χ2n) is 4.48. The Morgan fingerprint density at radius 2 is 1.62 bits per heavy atom. The van der Waals surface area contributed by atoms with E-state index in [1.165, 1.54) is 10.6 Å². The molecule has 21 heavy (non-hydrogen) atoms. The topological polar surface area (TPSA) is 46.6 Å². The molecule has 0 radical (unpaired) electrons. The third-order valence-electron chi connectivity index (χ3n) is 2.89. The summed E-state index contributed by atoms with van der Waals surface area (Å²) in [5.74, 6) is 0.680. The molecule has 5 heteroatoms. The Morgan fingerprint density at radius 1 is 1.00 bits per heavy atom. The molecule has 0 N–H and O–H groups in total. The van der Waals surface area contributed by atoms with Gasteiger partial charge in [-0.2, -0.15) is 0 Å². The Hall–Kier alpha value is -2.27. The largest absolute Gasteiger partial charge is 0.497 e. The van der Waals surface area contributed by atoms with Gasteiger partial charge in [-0.3, -0.25) is 0 Å². The molecule has 2 aromatic carbocycles. The van der Waals surface area contributed by atoms with Crippen molar-refractivity contribution in [1.82, 2.24) is 0 Å². The van der Waals surface area contributed by atoms with Gasteiger partial charge in [0.1, 0.15) is 5.75 Å². The summed E-state index contributed by atoms with van der Waals surface area (Å²) in [7, 11) is -1.83. The van der Waals surface area contributed by atoms with Gasteiger partial charge in [-0.1, -0.05) is 30.3 Å². The van der Waals surface area contributed by atoms with Gasteiger partial charge in [0, 0.05) is 6.20 Å². The van der Waals surface area contributed by atoms with Crippen molar-refractivity contribution in [1.29, 1.82) is 0 Å². The van der Waals surface area contributed by atoms with Crippen molar-refractivity contribution in [2.45, 2.75) is 0 Å². The maximum Gasteiger partial charge on any atom is 0.236 e. The van der Waals surface area contributed by atoms with E-state index in [2.05, 4.69) is 0 Å². The lowest BCUT2D eigenvalue weighted by atomic mass is 10.2. The average molecular weight is 303 g/mol. The lowest BCUT2D eigenvalue weighted by molar-refractivity contribution is 0.415. The normalized spacial score (nSPS) is 11.5. The zero-order valence-corrected chi connectivity index (χ0v) is 12.7. The number of anilines is 1. The third kappa shape index (κ3) is 4.10. The third-order valence-corrected chi connectivity index (χ3v) is 3.93. The van der Waals surface area contributed by atoms with Crippen LogP contribution in [0.3, 0.4) is 0 Å². The summed E-state index contributed by atoms with van der Waals surface area (Å²) in [6.45, 7) is 0. The number of nitrogens with zero attached hydrogens (tertiary/aromatic N) is 1. The molecule has 110 valence electrons. The second kappa shape index (κ2) is 6.45. The average Bonchev–Trinajstić information content (AvgIpc) is 2.48. The number of sulfonamides is 1. The Bertz CT molecular complexity index is 707. The molecule has 0 fully saturated rings. The van der Waals surface area contributed by atoms with Gasteiger partial charge < -0.3 is 4.74 Å². The predicted octanol–water partition coefficient (Wildman–Crippen LogP) is 3.13. The Morgan fingerprint density at radius 3 is 2.14 bits per heavy atom. The minimum Gasteiger partial charge on any atom is -0.497 e. The van der Waals surface area contributed by atoms with E-state index in [0.29, 0.717) is 11.4 Å². The minimum absolute atomic E-state index is 0.561. The fourth-order valence-corrected chi connectivity index (χ4v) is 2.62. The predicted molar refractivity (Wildman–Crippen MR) is 85.8 cm³/mol. The van der Waals surface area contributed by atoms with E-state index < -0.39 is 10.0 Å². The van der Waals surface area contributed by atoms with Gasteiger partial charge in [0.15, 0.2) is 0 Å². The molecule has 0 amide bonds. The number of hydrogen-bond acceptors (Lipinski definition) is 3. The number of benzene rings is 2. The van der Waals surface area contributed by atoms with E-state index in [0.717, 1.165) is 5.56 Å². The van der Waals surface area contributed by atoms with E-state index in [4.69, 9.17) is 4.74 Å². The van der Waals surface area contributed by atoms with E-state index >= 15 is 0 Å². The lowest BCUT2D eigenvalue weighted by Crippen LogP contribution is -2.23. The summed E-state index contributed by atoms with van der Waals surface area (Å²) in [6, 6.07) is 16.4. The van der Waals surface area contributed by atoms with Crippen LogP contribution in [0.1, 0.15) is 5.56 Å². The fourth-order valence-electron chi connectivity index (χ4n) is 1.84. The van der Waals surface area contributed by atoms with Crippen molar-refractivity contribution in [3.8, 4) is 5.75 Å². The molecular formula is C16H17NO3S. The van der Waals surface area contributed by atoms with E-state index in [9.17, 15) is 8.42 Å². The standard InChI is InChI=1S/C16H17NO3S/c1-20-16-10-8-15(9-11-16)17(21(2,18)19)13-12-14-6-4-3-5-7-14/h3-13H,1-2H3/b13-12-. The van der Waals surface area contributed by atoms with Gasteiger partial charge in [0.25, 0.3) is 0 Å². The van der Waals surface area contributed by atoms with Crippen LogP contribution >= 0.6 is 0 Å². The van der Waals surface area contributed by atoms with Gasteiger partial charge >= 0.3 is 0 Å². The highest BCUT2D eigenvalue weighted by atomic mass is 32.2. The van der Waals surface area contributed by atoms with Crippen molar-refractivity contribution in [2.75, 3.05) is 17.7 Å². The molecule has 0 aromatic heterocycles. The highest BCUT2D eigenvalue weighted by Crippen LogP contribution is 2.22. The zero-order chi connectivity index (χ0) is 15.3. The maximum atomic E-state index is 12.0. The Labute approximate surface area is 125 Å². The number of ether oxygens (including phenoxy) is 1. The molecule has 0 atom stereocenters. The Kier molecular flexibility index (Phi) is 4.65. The summed E-state index contributed by atoms with van der Waals surface area (Å²) in [5, 5.41) is 0. The molecule has 4 nitrogen and oxygen atoms in total. The van der Waals surface area contributed by atoms with Crippen LogP contribution in [0.25, 0.3) is 6.08 Å². The second-order valence-corrected chi connectivity index (χ2v) is 6.34. The first kappa shape index (κ1) is 15.1. The van der Waals surface area contributed by atoms with Crippen LogP contribution in [-0.2, 0) is 10.0 Å². The zero-order valence-electron chi connectivity index (χ0n) is 11.9. The van der Waals surface area contributed by atoms with Crippen molar-refractivity contribution in [3.05, 3.63) is 66.4 Å². The monoisotopic (exact) mass is 303 g/mol. The summed E-state index contributed by atoms with van der Waals surface area (Å²) in [5.41, 5.74) is 1.49. The van der Waals surface area contributed by atoms with Gasteiger partial charge in [-0.15, -0.1) is 0 Å². The van der Waals surface area contributed by atoms with Gasteiger partial charge in [-0.05, 0) is 35.9 Å². The molecule has 0 bridgehead atoms. The SMILES string of the molecule is COc1ccc(N(/C=C\c2ccccc2)S(C)(=O)=O)cc1. The van der Waals surface area contributed by atoms with Crippen molar-refractivity contribution in [2.24, 2.45) is 0 Å². The van der Waals surface area contributed by atoms with Crippen LogP contribution in [-0.4, -0.2) is 21.8 Å². The first-order chi connectivity index (χ1) is 10.0. The van der Waals surface area contributed by atoms with E-state index in [1.807, 2.05) is 30.3 Å². The van der Waals surface area contributed by atoms with Crippen LogP contribution in [0.2, 0.25) is 0 Å². The molecule has 0 heterocycles. The van der Waals surface area contributed by atoms with Gasteiger partial charge in [0.05, 0.1) is 19.1 Å². The summed E-state index contributed by atoms with van der Waals surface area (Å²) in [6.07, 6.45) is 4.48. The first-order valence-electron chi connectivity index (χ1n) is 6.37.